The van der Waals surface area contributed by atoms with Gasteiger partial charge >= 0.3 is 0 Å². The van der Waals surface area contributed by atoms with E-state index < -0.39 is 0 Å². The van der Waals surface area contributed by atoms with Gasteiger partial charge in [-0.2, -0.15) is 0 Å². The summed E-state index contributed by atoms with van der Waals surface area (Å²) in [4.78, 5) is 4.61. The summed E-state index contributed by atoms with van der Waals surface area (Å²) in [6.45, 7) is 4.43. The summed E-state index contributed by atoms with van der Waals surface area (Å²) in [5, 5.41) is 1.05. The van der Waals surface area contributed by atoms with E-state index in [0.717, 1.165) is 10.5 Å². The molecule has 0 N–H and O–H groups in total. The molecular weight excluding hydrogens is 262 g/mol. The Morgan fingerprint density at radius 2 is 1.70 bits per heavy atom. The molecule has 1 nitrogen and oxygen atoms in total. The monoisotopic (exact) mass is 279 g/mol. The van der Waals surface area contributed by atoms with Crippen molar-refractivity contribution < 1.29 is 0 Å². The Balaban J connectivity index is 1.82. The highest BCUT2D eigenvalue weighted by Crippen LogP contribution is 2.23. The molecule has 1 heterocycles. The third-order valence-corrected chi connectivity index (χ3v) is 4.33. The molecule has 0 saturated heterocycles. The Kier molecular flexibility index (Phi) is 3.66. The van der Waals surface area contributed by atoms with E-state index in [2.05, 4.69) is 73.4 Å². The molecule has 100 valence electrons. The zero-order valence-corrected chi connectivity index (χ0v) is 12.5. The average molecular weight is 279 g/mol. The van der Waals surface area contributed by atoms with E-state index in [1.54, 1.807) is 11.3 Å². The maximum absolute atomic E-state index is 4.61. The lowest BCUT2D eigenvalue weighted by Gasteiger charge is -2.04. The summed E-state index contributed by atoms with van der Waals surface area (Å²) in [5.41, 5.74) is 3.67. The van der Waals surface area contributed by atoms with Crippen molar-refractivity contribution in [2.24, 2.45) is 0 Å². The molecular formula is C18H17NS. The number of thiazole rings is 1. The molecule has 0 aliphatic heterocycles. The van der Waals surface area contributed by atoms with Crippen LogP contribution in [0.1, 0.15) is 35.9 Å². The molecule has 0 aliphatic carbocycles. The van der Waals surface area contributed by atoms with Crippen molar-refractivity contribution >= 4 is 33.7 Å². The number of hydrogen-bond donors (Lipinski definition) is 0. The van der Waals surface area contributed by atoms with Gasteiger partial charge in [0.2, 0.25) is 0 Å². The summed E-state index contributed by atoms with van der Waals surface area (Å²) in [6.07, 6.45) is 4.22. The standard InChI is InChI=1S/C18H17NS/c1-13(2)15-10-7-14(8-11-15)9-12-18-19-16-5-3-4-6-17(16)20-18/h3-13H,1-2H3. The van der Waals surface area contributed by atoms with Crippen molar-refractivity contribution in [3.05, 3.63) is 64.7 Å². The van der Waals surface area contributed by atoms with E-state index in [1.807, 2.05) is 6.07 Å². The fourth-order valence-electron chi connectivity index (χ4n) is 2.12. The zero-order chi connectivity index (χ0) is 13.9. The van der Waals surface area contributed by atoms with Gasteiger partial charge in [0.25, 0.3) is 0 Å². The van der Waals surface area contributed by atoms with Crippen LogP contribution in [0.2, 0.25) is 0 Å². The minimum Gasteiger partial charge on any atom is -0.237 e. The number of aromatic nitrogens is 1. The second kappa shape index (κ2) is 5.59. The van der Waals surface area contributed by atoms with E-state index in [9.17, 15) is 0 Å². The quantitative estimate of drug-likeness (QED) is 0.609. The van der Waals surface area contributed by atoms with Crippen molar-refractivity contribution in [1.29, 1.82) is 0 Å². The number of rotatable bonds is 3. The largest absolute Gasteiger partial charge is 0.237 e. The highest BCUT2D eigenvalue weighted by molar-refractivity contribution is 7.19. The first-order chi connectivity index (χ1) is 9.72. The lowest BCUT2D eigenvalue weighted by molar-refractivity contribution is 0.866. The molecule has 2 aromatic carbocycles. The Morgan fingerprint density at radius 3 is 2.40 bits per heavy atom. The summed E-state index contributed by atoms with van der Waals surface area (Å²) in [7, 11) is 0. The molecule has 0 amide bonds. The third-order valence-electron chi connectivity index (χ3n) is 3.33. The van der Waals surface area contributed by atoms with Gasteiger partial charge in [-0.1, -0.05) is 56.3 Å². The molecule has 1 aromatic heterocycles. The van der Waals surface area contributed by atoms with Gasteiger partial charge in [-0.05, 0) is 35.3 Å². The molecule has 3 rings (SSSR count). The molecule has 0 unspecified atom stereocenters. The number of benzene rings is 2. The van der Waals surface area contributed by atoms with Gasteiger partial charge in [-0.3, -0.25) is 0 Å². The molecule has 0 saturated carbocycles. The van der Waals surface area contributed by atoms with Crippen LogP contribution in [0.4, 0.5) is 0 Å². The van der Waals surface area contributed by atoms with Crippen LogP contribution >= 0.6 is 11.3 Å². The highest BCUT2D eigenvalue weighted by atomic mass is 32.1. The van der Waals surface area contributed by atoms with Crippen molar-refractivity contribution in [1.82, 2.24) is 4.98 Å². The Bertz CT molecular complexity index is 702. The topological polar surface area (TPSA) is 12.9 Å². The summed E-state index contributed by atoms with van der Waals surface area (Å²) < 4.78 is 1.24. The van der Waals surface area contributed by atoms with E-state index >= 15 is 0 Å². The molecule has 3 aromatic rings. The number of hydrogen-bond acceptors (Lipinski definition) is 2. The van der Waals surface area contributed by atoms with Crippen LogP contribution in [0.3, 0.4) is 0 Å². The fraction of sp³-hybridized carbons (Fsp3) is 0.167. The molecule has 2 heteroatoms. The van der Waals surface area contributed by atoms with E-state index in [-0.39, 0.29) is 0 Å². The van der Waals surface area contributed by atoms with Crippen LogP contribution in [0.5, 0.6) is 0 Å². The van der Waals surface area contributed by atoms with Gasteiger partial charge in [0, 0.05) is 0 Å². The van der Waals surface area contributed by atoms with Gasteiger partial charge in [-0.25, -0.2) is 4.98 Å². The van der Waals surface area contributed by atoms with Crippen molar-refractivity contribution in [3.63, 3.8) is 0 Å². The fourth-order valence-corrected chi connectivity index (χ4v) is 2.99. The maximum atomic E-state index is 4.61. The molecule has 0 aliphatic rings. The Labute approximate surface area is 123 Å². The predicted molar refractivity (Wildman–Crippen MR) is 89.1 cm³/mol. The average Bonchev–Trinajstić information content (AvgIpc) is 2.88. The van der Waals surface area contributed by atoms with Crippen LogP contribution in [0.25, 0.3) is 22.4 Å². The summed E-state index contributed by atoms with van der Waals surface area (Å²) in [6, 6.07) is 17.0. The van der Waals surface area contributed by atoms with Crippen LogP contribution < -0.4 is 0 Å². The smallest absolute Gasteiger partial charge is 0.117 e. The lowest BCUT2D eigenvalue weighted by Crippen LogP contribution is -1.85. The van der Waals surface area contributed by atoms with Gasteiger partial charge in [0.05, 0.1) is 10.2 Å². The lowest BCUT2D eigenvalue weighted by atomic mass is 10.0. The Morgan fingerprint density at radius 1 is 0.950 bits per heavy atom. The van der Waals surface area contributed by atoms with Crippen LogP contribution in [0.15, 0.2) is 48.5 Å². The van der Waals surface area contributed by atoms with E-state index in [1.165, 1.54) is 15.8 Å². The molecule has 0 atom stereocenters. The number of nitrogens with zero attached hydrogens (tertiary/aromatic N) is 1. The van der Waals surface area contributed by atoms with Crippen molar-refractivity contribution in [3.8, 4) is 0 Å². The molecule has 0 radical (unpaired) electrons. The Hall–Kier alpha value is -1.93. The van der Waals surface area contributed by atoms with Gasteiger partial charge in [0.1, 0.15) is 5.01 Å². The molecule has 20 heavy (non-hydrogen) atoms. The second-order valence-electron chi connectivity index (χ2n) is 5.17. The van der Waals surface area contributed by atoms with Crippen LogP contribution in [0, 0.1) is 0 Å². The predicted octanol–water partition coefficient (Wildman–Crippen LogP) is 5.59. The molecule has 0 fully saturated rings. The van der Waals surface area contributed by atoms with E-state index in [4.69, 9.17) is 0 Å². The van der Waals surface area contributed by atoms with Crippen molar-refractivity contribution in [2.75, 3.05) is 0 Å². The first kappa shape index (κ1) is 13.1. The minimum atomic E-state index is 0.581. The highest BCUT2D eigenvalue weighted by Gasteiger charge is 2.00. The first-order valence-corrected chi connectivity index (χ1v) is 7.67. The molecule has 0 spiro atoms. The summed E-state index contributed by atoms with van der Waals surface area (Å²) >= 11 is 1.73. The first-order valence-electron chi connectivity index (χ1n) is 6.86. The summed E-state index contributed by atoms with van der Waals surface area (Å²) in [5.74, 6) is 0.581. The van der Waals surface area contributed by atoms with Gasteiger partial charge in [-0.15, -0.1) is 11.3 Å². The normalized spacial score (nSPS) is 11.8. The minimum absolute atomic E-state index is 0.581. The van der Waals surface area contributed by atoms with E-state index in [0.29, 0.717) is 5.92 Å². The SMILES string of the molecule is CC(C)c1ccc(C=Cc2nc3ccccc3s2)cc1. The second-order valence-corrected chi connectivity index (χ2v) is 6.24. The number of fused-ring (bicyclic) bond motifs is 1. The zero-order valence-electron chi connectivity index (χ0n) is 11.7. The number of para-hydroxylation sites is 1. The van der Waals surface area contributed by atoms with Crippen molar-refractivity contribution in [2.45, 2.75) is 19.8 Å². The maximum Gasteiger partial charge on any atom is 0.117 e. The third kappa shape index (κ3) is 2.81. The van der Waals surface area contributed by atoms with Gasteiger partial charge in [0.15, 0.2) is 0 Å². The van der Waals surface area contributed by atoms with Gasteiger partial charge < -0.3 is 0 Å². The van der Waals surface area contributed by atoms with Crippen LogP contribution in [-0.2, 0) is 0 Å². The molecule has 0 bridgehead atoms. The van der Waals surface area contributed by atoms with Crippen LogP contribution in [-0.4, -0.2) is 4.98 Å².